The third-order valence-corrected chi connectivity index (χ3v) is 12.4. The molecule has 1 aromatic heterocycles. The van der Waals surface area contributed by atoms with Gasteiger partial charge < -0.3 is 5.73 Å². The zero-order valence-electron chi connectivity index (χ0n) is 31.7. The Morgan fingerprint density at radius 1 is 0.293 bits per heavy atom. The summed E-state index contributed by atoms with van der Waals surface area (Å²) in [5.74, 6) is 0. The summed E-state index contributed by atoms with van der Waals surface area (Å²) in [6, 6.07) is 71.0. The van der Waals surface area contributed by atoms with Gasteiger partial charge in [-0.3, -0.25) is 0 Å². The van der Waals surface area contributed by atoms with Gasteiger partial charge in [-0.1, -0.05) is 170 Å². The second-order valence-electron chi connectivity index (χ2n) is 15.5. The summed E-state index contributed by atoms with van der Waals surface area (Å²) >= 11 is 0. The molecule has 0 aliphatic rings. The van der Waals surface area contributed by atoms with Crippen LogP contribution in [0, 0.1) is 0 Å². The van der Waals surface area contributed by atoms with E-state index in [1.165, 1.54) is 81.1 Å². The number of rotatable bonds is 4. The van der Waals surface area contributed by atoms with Crippen LogP contribution in [0.3, 0.4) is 0 Å². The Bertz CT molecular complexity index is 3600. The molecule has 0 spiro atoms. The van der Waals surface area contributed by atoms with E-state index >= 15 is 0 Å². The number of benzene rings is 11. The highest BCUT2D eigenvalue weighted by Gasteiger charge is 2.19. The van der Waals surface area contributed by atoms with Gasteiger partial charge in [0.15, 0.2) is 0 Å². The summed E-state index contributed by atoms with van der Waals surface area (Å²) in [5.41, 5.74) is 15.2. The Hall–Kier alpha value is -7.39. The average Bonchev–Trinajstić information content (AvgIpc) is 3.30. The summed E-state index contributed by atoms with van der Waals surface area (Å²) in [4.78, 5) is 5.59. The molecule has 0 amide bonds. The van der Waals surface area contributed by atoms with E-state index in [4.69, 9.17) is 10.7 Å². The first-order chi connectivity index (χ1) is 28.7. The first-order valence-electron chi connectivity index (χ1n) is 20.1. The summed E-state index contributed by atoms with van der Waals surface area (Å²) in [7, 11) is 0. The molecule has 12 rings (SSSR count). The number of aromatic nitrogens is 1. The van der Waals surface area contributed by atoms with Crippen LogP contribution in [0.4, 0.5) is 0 Å². The van der Waals surface area contributed by atoms with Crippen molar-refractivity contribution in [1.82, 2.24) is 4.98 Å². The highest BCUT2D eigenvalue weighted by Crippen LogP contribution is 2.44. The Kier molecular flexibility index (Phi) is 7.26. The van der Waals surface area contributed by atoms with Gasteiger partial charge in [0.25, 0.3) is 0 Å². The molecule has 2 heteroatoms. The summed E-state index contributed by atoms with van der Waals surface area (Å²) in [6.45, 7) is 0.441. The van der Waals surface area contributed by atoms with Crippen LogP contribution in [-0.2, 0) is 6.54 Å². The van der Waals surface area contributed by atoms with Crippen molar-refractivity contribution in [3.8, 4) is 33.5 Å². The van der Waals surface area contributed by atoms with Crippen molar-refractivity contribution >= 4 is 86.3 Å². The zero-order chi connectivity index (χ0) is 38.3. The minimum Gasteiger partial charge on any atom is -0.326 e. The predicted octanol–water partition coefficient (Wildman–Crippen LogP) is 14.8. The van der Waals surface area contributed by atoms with Gasteiger partial charge in [-0.25, -0.2) is 4.98 Å². The van der Waals surface area contributed by atoms with Crippen LogP contribution in [0.2, 0.25) is 0 Å². The number of hydrogen-bond acceptors (Lipinski definition) is 2. The molecule has 11 aromatic carbocycles. The quantitative estimate of drug-likeness (QED) is 0.183. The summed E-state index contributed by atoms with van der Waals surface area (Å²) < 4.78 is 0. The van der Waals surface area contributed by atoms with Crippen LogP contribution in [-0.4, -0.2) is 4.98 Å². The van der Waals surface area contributed by atoms with Gasteiger partial charge in [-0.05, 0) is 122 Å². The summed E-state index contributed by atoms with van der Waals surface area (Å²) in [6.07, 6.45) is 0. The van der Waals surface area contributed by atoms with Crippen LogP contribution in [0.1, 0.15) is 5.56 Å². The lowest BCUT2D eigenvalue weighted by Gasteiger charge is -2.18. The fourth-order valence-electron chi connectivity index (χ4n) is 9.77. The van der Waals surface area contributed by atoms with Gasteiger partial charge in [0.2, 0.25) is 0 Å². The van der Waals surface area contributed by atoms with Crippen molar-refractivity contribution in [2.75, 3.05) is 0 Å². The molecule has 2 N–H and O–H groups in total. The molecule has 270 valence electrons. The Labute approximate surface area is 335 Å². The van der Waals surface area contributed by atoms with E-state index < -0.39 is 0 Å². The fourth-order valence-corrected chi connectivity index (χ4v) is 9.77. The zero-order valence-corrected chi connectivity index (χ0v) is 31.7. The van der Waals surface area contributed by atoms with E-state index in [0.29, 0.717) is 6.54 Å². The molecule has 1 heterocycles. The van der Waals surface area contributed by atoms with Gasteiger partial charge in [-0.2, -0.15) is 0 Å². The minimum absolute atomic E-state index is 0.441. The SMILES string of the molecule is NCc1ccccc1-c1cc(-c2ccc3c4ccccc4c4ccccc4c3c2)nc2c1cc(-c1ccc3c4ccccc4c4ccccc4c3c1)c1ccccc12. The van der Waals surface area contributed by atoms with Crippen LogP contribution < -0.4 is 5.73 Å². The molecular formula is C56H36N2. The van der Waals surface area contributed by atoms with E-state index in [1.54, 1.807) is 0 Å². The maximum absolute atomic E-state index is 6.48. The maximum atomic E-state index is 6.48. The minimum atomic E-state index is 0.441. The van der Waals surface area contributed by atoms with E-state index in [2.05, 4.69) is 194 Å². The normalized spacial score (nSPS) is 11.9. The molecule has 0 unspecified atom stereocenters. The Balaban J connectivity index is 1.15. The molecule has 0 aliphatic carbocycles. The first kappa shape index (κ1) is 32.8. The number of nitrogens with zero attached hydrogens (tertiary/aromatic N) is 1. The molecule has 0 radical (unpaired) electrons. The van der Waals surface area contributed by atoms with E-state index in [0.717, 1.165) is 44.2 Å². The van der Waals surface area contributed by atoms with Gasteiger partial charge >= 0.3 is 0 Å². The Morgan fingerprint density at radius 2 is 0.707 bits per heavy atom. The van der Waals surface area contributed by atoms with Gasteiger partial charge in [0, 0.05) is 22.9 Å². The third-order valence-electron chi connectivity index (χ3n) is 12.4. The van der Waals surface area contributed by atoms with Crippen LogP contribution in [0.5, 0.6) is 0 Å². The van der Waals surface area contributed by atoms with E-state index in [9.17, 15) is 0 Å². The lowest BCUT2D eigenvalue weighted by molar-refractivity contribution is 1.07. The standard InChI is InChI=1S/C56H36N2/c57-33-36-13-1-2-14-37(36)53-32-55(35-26-28-48-43-20-6-4-16-39(43)41-18-8-10-22-45(41)52(48)30-35)58-56-49-24-12-11-23-46(49)50(31-54(53)56)34-25-27-47-42-19-5-3-15-38(42)40-17-7-9-21-44(40)51(47)29-34/h1-32H,33,57H2. The fraction of sp³-hybridized carbons (Fsp3) is 0.0179. The van der Waals surface area contributed by atoms with Crippen molar-refractivity contribution in [2.45, 2.75) is 6.54 Å². The summed E-state index contributed by atoms with van der Waals surface area (Å²) in [5, 5.41) is 18.6. The molecule has 12 aromatic rings. The van der Waals surface area contributed by atoms with Crippen LogP contribution in [0.15, 0.2) is 194 Å². The van der Waals surface area contributed by atoms with Crippen LogP contribution >= 0.6 is 0 Å². The molecule has 0 bridgehead atoms. The van der Waals surface area contributed by atoms with Crippen molar-refractivity contribution in [1.29, 1.82) is 0 Å². The maximum Gasteiger partial charge on any atom is 0.0794 e. The second kappa shape index (κ2) is 12.8. The molecule has 0 fully saturated rings. The first-order valence-corrected chi connectivity index (χ1v) is 20.1. The van der Waals surface area contributed by atoms with Crippen molar-refractivity contribution in [3.05, 3.63) is 200 Å². The molecule has 0 atom stereocenters. The number of hydrogen-bond donors (Lipinski definition) is 1. The lowest BCUT2D eigenvalue weighted by Crippen LogP contribution is -2.00. The van der Waals surface area contributed by atoms with Gasteiger partial charge in [0.05, 0.1) is 11.2 Å². The number of nitrogens with two attached hydrogens (primary N) is 1. The molecule has 2 nitrogen and oxygen atoms in total. The third kappa shape index (κ3) is 4.86. The van der Waals surface area contributed by atoms with E-state index in [-0.39, 0.29) is 0 Å². The van der Waals surface area contributed by atoms with E-state index in [1.807, 2.05) is 0 Å². The molecule has 0 saturated carbocycles. The highest BCUT2D eigenvalue weighted by atomic mass is 14.7. The van der Waals surface area contributed by atoms with Crippen molar-refractivity contribution < 1.29 is 0 Å². The van der Waals surface area contributed by atoms with Crippen LogP contribution in [0.25, 0.3) is 120 Å². The van der Waals surface area contributed by atoms with Gasteiger partial charge in [0.1, 0.15) is 0 Å². The smallest absolute Gasteiger partial charge is 0.0794 e. The molecule has 0 saturated heterocycles. The lowest BCUT2D eigenvalue weighted by atomic mass is 9.88. The second-order valence-corrected chi connectivity index (χ2v) is 15.5. The highest BCUT2D eigenvalue weighted by molar-refractivity contribution is 6.27. The predicted molar refractivity (Wildman–Crippen MR) is 248 cm³/mol. The topological polar surface area (TPSA) is 38.9 Å². The molecule has 58 heavy (non-hydrogen) atoms. The largest absolute Gasteiger partial charge is 0.326 e. The monoisotopic (exact) mass is 736 g/mol. The van der Waals surface area contributed by atoms with Gasteiger partial charge in [-0.15, -0.1) is 0 Å². The number of pyridine rings is 1. The molecule has 0 aliphatic heterocycles. The Morgan fingerprint density at radius 3 is 1.24 bits per heavy atom. The molecular weight excluding hydrogens is 701 g/mol. The number of fused-ring (bicyclic) bond motifs is 15. The average molecular weight is 737 g/mol. The van der Waals surface area contributed by atoms with Crippen molar-refractivity contribution in [3.63, 3.8) is 0 Å². The van der Waals surface area contributed by atoms with Crippen molar-refractivity contribution in [2.24, 2.45) is 5.73 Å².